The molecule has 0 unspecified atom stereocenters. The van der Waals surface area contributed by atoms with E-state index in [-0.39, 0.29) is 0 Å². The van der Waals surface area contributed by atoms with Crippen LogP contribution in [0.5, 0.6) is 0 Å². The van der Waals surface area contributed by atoms with Crippen molar-refractivity contribution in [3.05, 3.63) is 17.2 Å². The van der Waals surface area contributed by atoms with Crippen LogP contribution >= 0.6 is 0 Å². The number of aromatic nitrogens is 2. The van der Waals surface area contributed by atoms with E-state index in [1.54, 1.807) is 0 Å². The van der Waals surface area contributed by atoms with E-state index in [1.165, 1.54) is 24.2 Å². The fourth-order valence-corrected chi connectivity index (χ4v) is 2.23. The number of nitrogens with zero attached hydrogens (tertiary/aromatic N) is 2. The molecule has 0 amide bonds. The van der Waals surface area contributed by atoms with E-state index < -0.39 is 0 Å². The van der Waals surface area contributed by atoms with Gasteiger partial charge in [0.05, 0.1) is 12.2 Å². The fourth-order valence-electron chi connectivity index (χ4n) is 2.23. The summed E-state index contributed by atoms with van der Waals surface area (Å²) in [6.45, 7) is 4.44. The first-order valence-corrected chi connectivity index (χ1v) is 5.79. The van der Waals surface area contributed by atoms with E-state index in [0.29, 0.717) is 18.7 Å². The molecule has 0 N–H and O–H groups in total. The minimum atomic E-state index is 0.295. The van der Waals surface area contributed by atoms with Crippen LogP contribution in [0.1, 0.15) is 43.4 Å². The molecule has 0 radical (unpaired) electrons. The van der Waals surface area contributed by atoms with E-state index >= 15 is 0 Å². The van der Waals surface area contributed by atoms with Crippen LogP contribution in [0.3, 0.4) is 0 Å². The van der Waals surface area contributed by atoms with Crippen LogP contribution in [0.25, 0.3) is 0 Å². The number of hydrogen-bond acceptors (Lipinski definition) is 2. The van der Waals surface area contributed by atoms with Crippen molar-refractivity contribution in [2.75, 3.05) is 0 Å². The molecule has 1 aliphatic rings. The van der Waals surface area contributed by atoms with Crippen LogP contribution in [-0.4, -0.2) is 15.3 Å². The third kappa shape index (κ3) is 1.96. The third-order valence-electron chi connectivity index (χ3n) is 3.15. The van der Waals surface area contributed by atoms with Crippen molar-refractivity contribution in [3.8, 4) is 0 Å². The van der Waals surface area contributed by atoms with Crippen molar-refractivity contribution in [2.24, 2.45) is 0 Å². The zero-order valence-electron chi connectivity index (χ0n) is 9.55. The number of ketones is 1. The molecule has 0 fully saturated rings. The Morgan fingerprint density at radius 1 is 1.40 bits per heavy atom. The first-order chi connectivity index (χ1) is 7.22. The Hall–Kier alpha value is -1.12. The Kier molecular flexibility index (Phi) is 2.89. The highest BCUT2D eigenvalue weighted by atomic mass is 16.1. The molecule has 82 valence electrons. The van der Waals surface area contributed by atoms with Crippen molar-refractivity contribution in [2.45, 2.75) is 52.5 Å². The van der Waals surface area contributed by atoms with Gasteiger partial charge in [0.25, 0.3) is 0 Å². The summed E-state index contributed by atoms with van der Waals surface area (Å²) in [7, 11) is 0. The Bertz CT molecular complexity index is 379. The smallest absolute Gasteiger partial charge is 0.152 e. The number of Topliss-reactive ketones (excluding diaryl/α,β-unsaturated/α-hetero) is 1. The van der Waals surface area contributed by atoms with E-state index in [9.17, 15) is 4.79 Å². The molecular weight excluding hydrogens is 188 g/mol. The van der Waals surface area contributed by atoms with Crippen molar-refractivity contribution in [3.63, 3.8) is 0 Å². The molecule has 0 spiro atoms. The number of carbonyl (C=O) groups excluding carboxylic acids is 1. The molecule has 0 atom stereocenters. The van der Waals surface area contributed by atoms with Crippen molar-refractivity contribution in [1.82, 2.24) is 9.55 Å². The summed E-state index contributed by atoms with van der Waals surface area (Å²) in [5, 5.41) is 0. The predicted molar refractivity (Wildman–Crippen MR) is 58.9 cm³/mol. The molecule has 1 aromatic heterocycles. The second-order valence-corrected chi connectivity index (χ2v) is 4.24. The Balaban J connectivity index is 2.29. The van der Waals surface area contributed by atoms with E-state index in [1.807, 2.05) is 13.8 Å². The van der Waals surface area contributed by atoms with E-state index in [2.05, 4.69) is 9.55 Å². The van der Waals surface area contributed by atoms with Crippen LogP contribution in [0.15, 0.2) is 0 Å². The van der Waals surface area contributed by atoms with Gasteiger partial charge in [-0.15, -0.1) is 0 Å². The van der Waals surface area contributed by atoms with Gasteiger partial charge < -0.3 is 4.57 Å². The predicted octanol–water partition coefficient (Wildman–Crippen LogP) is 2.05. The lowest BCUT2D eigenvalue weighted by atomic mass is 10.0. The quantitative estimate of drug-likeness (QED) is 0.758. The molecule has 0 saturated heterocycles. The number of fused-ring (bicyclic) bond motifs is 1. The Morgan fingerprint density at radius 2 is 2.13 bits per heavy atom. The third-order valence-corrected chi connectivity index (χ3v) is 3.15. The summed E-state index contributed by atoms with van der Waals surface area (Å²) in [6.07, 6.45) is 5.27. The van der Waals surface area contributed by atoms with Gasteiger partial charge in [0.1, 0.15) is 5.82 Å². The zero-order chi connectivity index (χ0) is 10.8. The normalized spacial score (nSPS) is 15.1. The monoisotopic (exact) mass is 206 g/mol. The maximum atomic E-state index is 11.5. The van der Waals surface area contributed by atoms with Gasteiger partial charge in [-0.05, 0) is 32.6 Å². The van der Waals surface area contributed by atoms with Crippen LogP contribution in [0.2, 0.25) is 0 Å². The molecule has 0 saturated carbocycles. The number of hydrogen-bond donors (Lipinski definition) is 0. The Labute approximate surface area is 90.5 Å². The molecule has 0 aliphatic heterocycles. The first-order valence-electron chi connectivity index (χ1n) is 5.79. The molecule has 3 nitrogen and oxygen atoms in total. The van der Waals surface area contributed by atoms with Gasteiger partial charge >= 0.3 is 0 Å². The number of carbonyl (C=O) groups is 1. The van der Waals surface area contributed by atoms with Crippen molar-refractivity contribution >= 4 is 5.78 Å². The van der Waals surface area contributed by atoms with Gasteiger partial charge in [-0.25, -0.2) is 4.98 Å². The van der Waals surface area contributed by atoms with Gasteiger partial charge in [-0.3, -0.25) is 4.79 Å². The lowest BCUT2D eigenvalue weighted by Gasteiger charge is -2.13. The Morgan fingerprint density at radius 3 is 2.87 bits per heavy atom. The average Bonchev–Trinajstić information content (AvgIpc) is 2.55. The van der Waals surface area contributed by atoms with E-state index in [4.69, 9.17) is 0 Å². The molecule has 0 aromatic carbocycles. The van der Waals surface area contributed by atoms with Crippen molar-refractivity contribution < 1.29 is 4.79 Å². The fraction of sp³-hybridized carbons (Fsp3) is 0.667. The van der Waals surface area contributed by atoms with Crippen LogP contribution in [-0.2, 0) is 24.2 Å². The standard InChI is InChI=1S/C12H18N2O/c1-3-10(15)8-14-9(2)13-11-6-4-5-7-12(11)14/h3-8H2,1-2H3. The highest BCUT2D eigenvalue weighted by Gasteiger charge is 2.18. The number of aryl methyl sites for hydroxylation is 2. The van der Waals surface area contributed by atoms with Gasteiger partial charge in [-0.2, -0.15) is 0 Å². The largest absolute Gasteiger partial charge is 0.325 e. The number of imidazole rings is 1. The second-order valence-electron chi connectivity index (χ2n) is 4.24. The summed E-state index contributed by atoms with van der Waals surface area (Å²) in [5.41, 5.74) is 2.53. The number of rotatable bonds is 3. The minimum Gasteiger partial charge on any atom is -0.325 e. The molecule has 1 heterocycles. The average molecular weight is 206 g/mol. The summed E-state index contributed by atoms with van der Waals surface area (Å²) in [4.78, 5) is 16.0. The molecule has 1 aliphatic carbocycles. The lowest BCUT2D eigenvalue weighted by molar-refractivity contribution is -0.119. The second kappa shape index (κ2) is 4.17. The molecule has 3 heteroatoms. The summed E-state index contributed by atoms with van der Waals surface area (Å²) >= 11 is 0. The maximum absolute atomic E-state index is 11.5. The lowest BCUT2D eigenvalue weighted by Crippen LogP contribution is -2.15. The van der Waals surface area contributed by atoms with Gasteiger partial charge in [0, 0.05) is 12.1 Å². The molecular formula is C12H18N2O. The van der Waals surface area contributed by atoms with Crippen LogP contribution < -0.4 is 0 Å². The van der Waals surface area contributed by atoms with Gasteiger partial charge in [0.15, 0.2) is 5.78 Å². The SMILES string of the molecule is CCC(=O)Cn1c(C)nc2c1CCCC2. The molecule has 2 rings (SSSR count). The van der Waals surface area contributed by atoms with Crippen LogP contribution in [0.4, 0.5) is 0 Å². The van der Waals surface area contributed by atoms with E-state index in [0.717, 1.165) is 18.7 Å². The topological polar surface area (TPSA) is 34.9 Å². The highest BCUT2D eigenvalue weighted by Crippen LogP contribution is 2.21. The molecule has 15 heavy (non-hydrogen) atoms. The van der Waals surface area contributed by atoms with Gasteiger partial charge in [-0.1, -0.05) is 6.92 Å². The van der Waals surface area contributed by atoms with Gasteiger partial charge in [0.2, 0.25) is 0 Å². The van der Waals surface area contributed by atoms with Crippen molar-refractivity contribution in [1.29, 1.82) is 0 Å². The van der Waals surface area contributed by atoms with Crippen LogP contribution in [0, 0.1) is 6.92 Å². The first kappa shape index (κ1) is 10.4. The summed E-state index contributed by atoms with van der Waals surface area (Å²) in [6, 6.07) is 0. The zero-order valence-corrected chi connectivity index (χ0v) is 9.55. The maximum Gasteiger partial charge on any atom is 0.152 e. The molecule has 1 aromatic rings. The highest BCUT2D eigenvalue weighted by molar-refractivity contribution is 5.78. The summed E-state index contributed by atoms with van der Waals surface area (Å²) < 4.78 is 2.11. The molecule has 0 bridgehead atoms. The summed E-state index contributed by atoms with van der Waals surface area (Å²) in [5.74, 6) is 1.30. The minimum absolute atomic E-state index is 0.295.